The van der Waals surface area contributed by atoms with E-state index in [0.717, 1.165) is 0 Å². The van der Waals surface area contributed by atoms with Gasteiger partial charge in [0.15, 0.2) is 0 Å². The molecular weight excluding hydrogens is 312 g/mol. The van der Waals surface area contributed by atoms with Crippen molar-refractivity contribution in [3.63, 3.8) is 0 Å². The number of esters is 1. The lowest BCUT2D eigenvalue weighted by Crippen LogP contribution is -2.31. The van der Waals surface area contributed by atoms with Crippen LogP contribution in [0.15, 0.2) is 23.9 Å². The minimum Gasteiger partial charge on any atom is -0.462 e. The molecule has 22 heavy (non-hydrogen) atoms. The quantitative estimate of drug-likeness (QED) is 0.116. The van der Waals surface area contributed by atoms with Crippen molar-refractivity contribution < 1.29 is 27.3 Å². The highest BCUT2D eigenvalue weighted by Crippen LogP contribution is 2.01. The Morgan fingerprint density at radius 3 is 2.45 bits per heavy atom. The number of carbonyl (C=O) groups is 2. The number of ether oxygens (including phenoxy) is 1. The largest absolute Gasteiger partial charge is 0.462 e. The van der Waals surface area contributed by atoms with Gasteiger partial charge in [-0.15, -0.1) is 0 Å². The summed E-state index contributed by atoms with van der Waals surface area (Å²) in [6, 6.07) is 0. The maximum atomic E-state index is 11.9. The van der Waals surface area contributed by atoms with E-state index in [4.69, 9.17) is 9.29 Å². The lowest BCUT2D eigenvalue weighted by molar-refractivity contribution is -0.140. The maximum Gasteiger partial charge on any atom is 0.343 e. The maximum absolute atomic E-state index is 11.9. The SMILES string of the molecule is CCOC(=O)/C(=C\C=C\N(C)C)C(=O)NCCCS(=O)(=O)O. The third-order valence-electron chi connectivity index (χ3n) is 2.25. The van der Waals surface area contributed by atoms with Crippen molar-refractivity contribution in [3.05, 3.63) is 23.9 Å². The van der Waals surface area contributed by atoms with Crippen molar-refractivity contribution in [2.45, 2.75) is 13.3 Å². The predicted molar refractivity (Wildman–Crippen MR) is 81.6 cm³/mol. The lowest BCUT2D eigenvalue weighted by atomic mass is 10.2. The first kappa shape index (κ1) is 20.1. The molecule has 0 rings (SSSR count). The Hall–Kier alpha value is -1.87. The van der Waals surface area contributed by atoms with Crippen LogP contribution in [0, 0.1) is 0 Å². The molecule has 0 aliphatic rings. The van der Waals surface area contributed by atoms with Gasteiger partial charge in [0.2, 0.25) is 0 Å². The first-order chi connectivity index (χ1) is 10.2. The molecule has 0 saturated carbocycles. The third kappa shape index (κ3) is 9.94. The summed E-state index contributed by atoms with van der Waals surface area (Å²) in [5.74, 6) is -1.90. The second-order valence-electron chi connectivity index (χ2n) is 4.50. The van der Waals surface area contributed by atoms with Gasteiger partial charge in [0, 0.05) is 20.6 Å². The molecule has 9 heteroatoms. The van der Waals surface area contributed by atoms with E-state index in [-0.39, 0.29) is 25.1 Å². The number of allylic oxidation sites excluding steroid dienone is 2. The fourth-order valence-electron chi connectivity index (χ4n) is 1.31. The van der Waals surface area contributed by atoms with Gasteiger partial charge in [0.05, 0.1) is 12.4 Å². The van der Waals surface area contributed by atoms with Crippen LogP contribution in [-0.2, 0) is 24.4 Å². The monoisotopic (exact) mass is 334 g/mol. The van der Waals surface area contributed by atoms with Crippen molar-refractivity contribution in [1.82, 2.24) is 10.2 Å². The number of amides is 1. The van der Waals surface area contributed by atoms with Crippen LogP contribution < -0.4 is 5.32 Å². The first-order valence-corrected chi connectivity index (χ1v) is 8.23. The van der Waals surface area contributed by atoms with Crippen molar-refractivity contribution in [2.24, 2.45) is 0 Å². The Labute approximate surface area is 130 Å². The zero-order valence-corrected chi connectivity index (χ0v) is 13.7. The molecule has 0 saturated heterocycles. The van der Waals surface area contributed by atoms with Gasteiger partial charge in [-0.3, -0.25) is 9.35 Å². The molecule has 2 N–H and O–H groups in total. The summed E-state index contributed by atoms with van der Waals surface area (Å²) in [5.41, 5.74) is -0.188. The highest BCUT2D eigenvalue weighted by Gasteiger charge is 2.18. The minimum absolute atomic E-state index is 0.00671. The van der Waals surface area contributed by atoms with Crippen LogP contribution in [0.4, 0.5) is 0 Å². The van der Waals surface area contributed by atoms with E-state index in [2.05, 4.69) is 5.32 Å². The molecule has 0 unspecified atom stereocenters. The van der Waals surface area contributed by atoms with Crippen molar-refractivity contribution in [1.29, 1.82) is 0 Å². The molecule has 0 aliphatic carbocycles. The molecular formula is C13H22N2O6S. The van der Waals surface area contributed by atoms with E-state index in [1.807, 2.05) is 0 Å². The predicted octanol–water partition coefficient (Wildman–Crippen LogP) is -0.0547. The highest BCUT2D eigenvalue weighted by molar-refractivity contribution is 7.85. The molecule has 0 aliphatic heterocycles. The Kier molecular flexibility index (Phi) is 9.11. The van der Waals surface area contributed by atoms with Crippen molar-refractivity contribution >= 4 is 22.0 Å². The zero-order chi connectivity index (χ0) is 17.2. The van der Waals surface area contributed by atoms with E-state index in [9.17, 15) is 18.0 Å². The van der Waals surface area contributed by atoms with E-state index >= 15 is 0 Å². The van der Waals surface area contributed by atoms with Crippen LogP contribution in [-0.4, -0.2) is 62.7 Å². The molecule has 1 amide bonds. The van der Waals surface area contributed by atoms with Crippen LogP contribution in [0.5, 0.6) is 0 Å². The molecule has 0 aromatic heterocycles. The van der Waals surface area contributed by atoms with E-state index in [1.165, 1.54) is 12.2 Å². The van der Waals surface area contributed by atoms with Gasteiger partial charge in [-0.25, -0.2) is 4.79 Å². The van der Waals surface area contributed by atoms with Gasteiger partial charge in [-0.2, -0.15) is 8.42 Å². The van der Waals surface area contributed by atoms with Crippen LogP contribution in [0.1, 0.15) is 13.3 Å². The molecule has 0 bridgehead atoms. The average molecular weight is 334 g/mol. The summed E-state index contributed by atoms with van der Waals surface area (Å²) in [6.07, 6.45) is 4.51. The molecule has 126 valence electrons. The van der Waals surface area contributed by atoms with Gasteiger partial charge < -0.3 is 15.0 Å². The number of carbonyl (C=O) groups excluding carboxylic acids is 2. The van der Waals surface area contributed by atoms with Crippen LogP contribution in [0.25, 0.3) is 0 Å². The second kappa shape index (κ2) is 9.96. The fraction of sp³-hybridized carbons (Fsp3) is 0.538. The summed E-state index contributed by atoms with van der Waals surface area (Å²) in [7, 11) is -0.502. The number of nitrogens with one attached hydrogen (secondary N) is 1. The summed E-state index contributed by atoms with van der Waals surface area (Å²) >= 11 is 0. The smallest absolute Gasteiger partial charge is 0.343 e. The topological polar surface area (TPSA) is 113 Å². The molecule has 8 nitrogen and oxygen atoms in total. The van der Waals surface area contributed by atoms with Gasteiger partial charge in [-0.1, -0.05) is 0 Å². The van der Waals surface area contributed by atoms with E-state index in [0.29, 0.717) is 0 Å². The lowest BCUT2D eigenvalue weighted by Gasteiger charge is -2.08. The van der Waals surface area contributed by atoms with Crippen molar-refractivity contribution in [2.75, 3.05) is 33.0 Å². The summed E-state index contributed by atoms with van der Waals surface area (Å²) in [6.45, 7) is 1.76. The molecule has 0 aromatic rings. The summed E-state index contributed by atoms with van der Waals surface area (Å²) in [4.78, 5) is 25.4. The highest BCUT2D eigenvalue weighted by atomic mass is 32.2. The van der Waals surface area contributed by atoms with Crippen LogP contribution in [0.3, 0.4) is 0 Å². The van der Waals surface area contributed by atoms with Crippen molar-refractivity contribution in [3.8, 4) is 0 Å². The fourth-order valence-corrected chi connectivity index (χ4v) is 1.82. The Balaban J connectivity index is 4.73. The molecule has 0 spiro atoms. The number of nitrogens with zero attached hydrogens (tertiary/aromatic N) is 1. The first-order valence-electron chi connectivity index (χ1n) is 6.62. The van der Waals surface area contributed by atoms with Gasteiger partial charge in [0.25, 0.3) is 16.0 Å². The number of hydrogen-bond donors (Lipinski definition) is 2. The number of hydrogen-bond acceptors (Lipinski definition) is 6. The number of rotatable bonds is 9. The molecule has 0 radical (unpaired) electrons. The standard InChI is InChI=1S/C13H22N2O6S/c1-4-21-13(17)11(7-5-9-15(2)3)12(16)14-8-6-10-22(18,19)20/h5,7,9H,4,6,8,10H2,1-3H3,(H,14,16)(H,18,19,20)/b9-5+,11-7-. The Morgan fingerprint density at radius 1 is 1.32 bits per heavy atom. The van der Waals surface area contributed by atoms with Gasteiger partial charge in [-0.05, 0) is 31.7 Å². The van der Waals surface area contributed by atoms with Gasteiger partial charge >= 0.3 is 5.97 Å². The minimum atomic E-state index is -4.07. The summed E-state index contributed by atoms with van der Waals surface area (Å²) < 4.78 is 34.5. The molecule has 0 aromatic carbocycles. The average Bonchev–Trinajstić information content (AvgIpc) is 2.38. The Bertz CT molecular complexity index is 537. The van der Waals surface area contributed by atoms with Crippen LogP contribution >= 0.6 is 0 Å². The molecule has 0 atom stereocenters. The Morgan fingerprint density at radius 2 is 1.95 bits per heavy atom. The second-order valence-corrected chi connectivity index (χ2v) is 6.07. The summed E-state index contributed by atoms with van der Waals surface area (Å²) in [5, 5.41) is 2.40. The third-order valence-corrected chi connectivity index (χ3v) is 3.06. The zero-order valence-electron chi connectivity index (χ0n) is 12.9. The molecule has 0 fully saturated rings. The van der Waals surface area contributed by atoms with E-state index < -0.39 is 27.7 Å². The molecule has 0 heterocycles. The van der Waals surface area contributed by atoms with Gasteiger partial charge in [0.1, 0.15) is 5.57 Å². The normalized spacial score (nSPS) is 12.3. The van der Waals surface area contributed by atoms with E-state index in [1.54, 1.807) is 32.1 Å². The van der Waals surface area contributed by atoms with Crippen LogP contribution in [0.2, 0.25) is 0 Å².